The van der Waals surface area contributed by atoms with E-state index in [2.05, 4.69) is 0 Å². The smallest absolute Gasteiger partial charge is 0.353 e. The molecule has 1 unspecified atom stereocenters. The number of esters is 1. The Morgan fingerprint density at radius 3 is 1.67 bits per heavy atom. The summed E-state index contributed by atoms with van der Waals surface area (Å²) in [7, 11) is -10.5. The van der Waals surface area contributed by atoms with Crippen LogP contribution in [0.2, 0.25) is 58.9 Å². The van der Waals surface area contributed by atoms with Crippen LogP contribution in [-0.2, 0) is 26.9 Å². The summed E-state index contributed by atoms with van der Waals surface area (Å²) in [5, 5.41) is -0.237. The standard InChI is InChI=1S/C13H28ClO6PSi3/c1-22(2,3)18-13-11(10(14)12(15)17-13)21(16,19-23(4,5)6)20-24(7,8)9/h13H,1-9H3. The van der Waals surface area contributed by atoms with Crippen LogP contribution in [0.4, 0.5) is 0 Å². The molecule has 0 bridgehead atoms. The van der Waals surface area contributed by atoms with Crippen molar-refractivity contribution in [2.75, 3.05) is 0 Å². The van der Waals surface area contributed by atoms with Gasteiger partial charge in [-0.25, -0.2) is 4.79 Å². The third kappa shape index (κ3) is 6.53. The highest BCUT2D eigenvalue weighted by molar-refractivity contribution is 7.61. The lowest BCUT2D eigenvalue weighted by atomic mass is 10.5. The Morgan fingerprint density at radius 1 is 0.917 bits per heavy atom. The summed E-state index contributed by atoms with van der Waals surface area (Å²) < 4.78 is 36.6. The van der Waals surface area contributed by atoms with Gasteiger partial charge < -0.3 is 17.6 Å². The fraction of sp³-hybridized carbons (Fsp3) is 0.769. The minimum absolute atomic E-state index is 0.0152. The van der Waals surface area contributed by atoms with Gasteiger partial charge >= 0.3 is 13.6 Å². The van der Waals surface area contributed by atoms with Crippen LogP contribution in [0.1, 0.15) is 0 Å². The predicted molar refractivity (Wildman–Crippen MR) is 104 cm³/mol. The van der Waals surface area contributed by atoms with Gasteiger partial charge in [0.25, 0.3) is 0 Å². The van der Waals surface area contributed by atoms with Crippen molar-refractivity contribution in [3.05, 3.63) is 10.3 Å². The van der Waals surface area contributed by atoms with Gasteiger partial charge in [-0.15, -0.1) is 0 Å². The Hall–Kier alpha value is 0.261. The minimum atomic E-state index is -3.82. The fourth-order valence-corrected chi connectivity index (χ4v) is 11.0. The molecular weight excluding hydrogens is 403 g/mol. The van der Waals surface area contributed by atoms with Gasteiger partial charge in [0.1, 0.15) is 10.3 Å². The van der Waals surface area contributed by atoms with Crippen molar-refractivity contribution in [1.82, 2.24) is 0 Å². The first-order valence-corrected chi connectivity index (χ1v) is 19.9. The number of hydrogen-bond acceptors (Lipinski definition) is 6. The highest BCUT2D eigenvalue weighted by atomic mass is 35.5. The molecule has 0 N–H and O–H groups in total. The van der Waals surface area contributed by atoms with E-state index in [1.165, 1.54) is 0 Å². The third-order valence-electron chi connectivity index (χ3n) is 2.39. The molecule has 1 atom stereocenters. The topological polar surface area (TPSA) is 71.1 Å². The summed E-state index contributed by atoms with van der Waals surface area (Å²) in [5.41, 5.74) is 0. The van der Waals surface area contributed by atoms with Crippen LogP contribution in [0, 0.1) is 0 Å². The van der Waals surface area contributed by atoms with Crippen molar-refractivity contribution >= 4 is 50.1 Å². The average molecular weight is 431 g/mol. The number of carbonyl (C=O) groups excluding carboxylic acids is 1. The molecular formula is C13H28ClO6PSi3. The normalized spacial score (nSPS) is 20.6. The Bertz CT molecular complexity index is 568. The van der Waals surface area contributed by atoms with Gasteiger partial charge in [-0.05, 0) is 58.9 Å². The summed E-state index contributed by atoms with van der Waals surface area (Å²) >= 11 is 6.13. The highest BCUT2D eigenvalue weighted by Crippen LogP contribution is 2.64. The fourth-order valence-electron chi connectivity index (χ4n) is 1.90. The number of hydrogen-bond donors (Lipinski definition) is 0. The molecule has 0 fully saturated rings. The molecule has 0 aromatic heterocycles. The van der Waals surface area contributed by atoms with Gasteiger partial charge in [0.05, 0.1) is 0 Å². The van der Waals surface area contributed by atoms with E-state index in [0.717, 1.165) is 0 Å². The van der Waals surface area contributed by atoms with E-state index < -0.39 is 44.8 Å². The zero-order chi connectivity index (χ0) is 19.1. The number of ether oxygens (including phenoxy) is 1. The molecule has 0 radical (unpaired) electrons. The maximum atomic E-state index is 13.7. The summed E-state index contributed by atoms with van der Waals surface area (Å²) in [6, 6.07) is 0. The van der Waals surface area contributed by atoms with E-state index in [4.69, 9.17) is 29.2 Å². The number of rotatable bonds is 7. The van der Waals surface area contributed by atoms with Crippen LogP contribution in [0.15, 0.2) is 10.3 Å². The lowest BCUT2D eigenvalue weighted by Gasteiger charge is -2.34. The monoisotopic (exact) mass is 430 g/mol. The minimum Gasteiger partial charge on any atom is -0.428 e. The van der Waals surface area contributed by atoms with Crippen molar-refractivity contribution in [1.29, 1.82) is 0 Å². The Balaban J connectivity index is 3.41. The third-order valence-corrected chi connectivity index (χ3v) is 11.1. The molecule has 1 heterocycles. The van der Waals surface area contributed by atoms with Crippen LogP contribution in [0.3, 0.4) is 0 Å². The molecule has 140 valence electrons. The average Bonchev–Trinajstić information content (AvgIpc) is 2.45. The molecule has 1 rings (SSSR count). The van der Waals surface area contributed by atoms with Crippen molar-refractivity contribution < 1.29 is 26.9 Å². The van der Waals surface area contributed by atoms with Gasteiger partial charge in [0.2, 0.25) is 6.29 Å². The Morgan fingerprint density at radius 2 is 1.33 bits per heavy atom. The quantitative estimate of drug-likeness (QED) is 0.319. The molecule has 0 aromatic carbocycles. The molecule has 0 amide bonds. The van der Waals surface area contributed by atoms with E-state index in [1.54, 1.807) is 0 Å². The molecule has 0 spiro atoms. The van der Waals surface area contributed by atoms with E-state index in [1.807, 2.05) is 58.9 Å². The number of cyclic esters (lactones) is 1. The summed E-state index contributed by atoms with van der Waals surface area (Å²) in [4.78, 5) is 12.0. The van der Waals surface area contributed by atoms with Crippen LogP contribution in [0.5, 0.6) is 0 Å². The summed E-state index contributed by atoms with van der Waals surface area (Å²) in [5.74, 6) is -0.756. The lowest BCUT2D eigenvalue weighted by Crippen LogP contribution is -2.36. The Kier molecular flexibility index (Phi) is 6.61. The second-order valence-corrected chi connectivity index (χ2v) is 24.8. The first-order valence-electron chi connectivity index (χ1n) is 7.74. The first kappa shape index (κ1) is 22.3. The van der Waals surface area contributed by atoms with Crippen LogP contribution >= 0.6 is 19.2 Å². The van der Waals surface area contributed by atoms with Crippen molar-refractivity contribution in [3.63, 3.8) is 0 Å². The van der Waals surface area contributed by atoms with Gasteiger partial charge in [-0.3, -0.25) is 4.57 Å². The van der Waals surface area contributed by atoms with Gasteiger partial charge in [-0.1, -0.05) is 11.6 Å². The second kappa shape index (κ2) is 7.11. The van der Waals surface area contributed by atoms with Gasteiger partial charge in [0.15, 0.2) is 25.0 Å². The summed E-state index contributed by atoms with van der Waals surface area (Å²) in [6.07, 6.45) is -1.12. The van der Waals surface area contributed by atoms with Gasteiger partial charge in [-0.2, -0.15) is 0 Å². The molecule has 0 aromatic rings. The molecule has 11 heteroatoms. The first-order chi connectivity index (χ1) is 10.4. The SMILES string of the molecule is C[Si](C)(C)OC1OC(=O)C(Cl)=C1P(=O)(O[Si](C)(C)C)O[Si](C)(C)C. The zero-order valence-corrected chi connectivity index (χ0v) is 20.5. The largest absolute Gasteiger partial charge is 0.428 e. The molecule has 24 heavy (non-hydrogen) atoms. The predicted octanol–water partition coefficient (Wildman–Crippen LogP) is 5.07. The van der Waals surface area contributed by atoms with E-state index in [-0.39, 0.29) is 10.3 Å². The maximum absolute atomic E-state index is 13.7. The molecule has 0 aliphatic carbocycles. The van der Waals surface area contributed by atoms with Crippen molar-refractivity contribution in [3.8, 4) is 0 Å². The van der Waals surface area contributed by atoms with E-state index >= 15 is 0 Å². The van der Waals surface area contributed by atoms with E-state index in [0.29, 0.717) is 0 Å². The van der Waals surface area contributed by atoms with Crippen LogP contribution < -0.4 is 0 Å². The number of carbonyl (C=O) groups is 1. The zero-order valence-electron chi connectivity index (χ0n) is 15.9. The molecule has 1 aliphatic rings. The van der Waals surface area contributed by atoms with E-state index in [9.17, 15) is 9.36 Å². The lowest BCUT2D eigenvalue weighted by molar-refractivity contribution is -0.149. The molecule has 0 saturated heterocycles. The number of halogens is 1. The molecule has 1 aliphatic heterocycles. The molecule has 0 saturated carbocycles. The highest BCUT2D eigenvalue weighted by Gasteiger charge is 2.51. The maximum Gasteiger partial charge on any atom is 0.353 e. The Labute approximate surface area is 152 Å². The second-order valence-electron chi connectivity index (χ2n) is 8.57. The summed E-state index contributed by atoms with van der Waals surface area (Å²) in [6.45, 7) is 17.2. The van der Waals surface area contributed by atoms with Crippen LogP contribution in [-0.4, -0.2) is 37.2 Å². The van der Waals surface area contributed by atoms with Crippen molar-refractivity contribution in [2.45, 2.75) is 65.2 Å². The van der Waals surface area contributed by atoms with Crippen molar-refractivity contribution in [2.24, 2.45) is 0 Å². The van der Waals surface area contributed by atoms with Gasteiger partial charge in [0, 0.05) is 0 Å². The van der Waals surface area contributed by atoms with Crippen LogP contribution in [0.25, 0.3) is 0 Å². The molecule has 6 nitrogen and oxygen atoms in total.